The summed E-state index contributed by atoms with van der Waals surface area (Å²) < 4.78 is 5.41. The van der Waals surface area contributed by atoms with E-state index in [4.69, 9.17) is 16.2 Å². The van der Waals surface area contributed by atoms with E-state index in [1.54, 1.807) is 4.90 Å². The summed E-state index contributed by atoms with van der Waals surface area (Å²) in [7, 11) is 0. The van der Waals surface area contributed by atoms with Gasteiger partial charge in [0.2, 0.25) is 0 Å². The van der Waals surface area contributed by atoms with Gasteiger partial charge in [-0.05, 0) is 44.5 Å². The van der Waals surface area contributed by atoms with Crippen molar-refractivity contribution in [1.82, 2.24) is 4.90 Å². The number of amides is 1. The van der Waals surface area contributed by atoms with Crippen LogP contribution in [0.4, 0.5) is 16.2 Å². The smallest absolute Gasteiger partial charge is 0.410 e. The van der Waals surface area contributed by atoms with E-state index in [-0.39, 0.29) is 6.09 Å². The van der Waals surface area contributed by atoms with E-state index in [1.165, 1.54) is 0 Å². The minimum atomic E-state index is -0.460. The molecule has 0 saturated carbocycles. The molecule has 22 heavy (non-hydrogen) atoms. The number of ether oxygens (including phenoxy) is 1. The molecule has 2 rings (SSSR count). The highest BCUT2D eigenvalue weighted by atomic mass is 16.6. The normalized spacial score (nSPS) is 15.8. The molecule has 1 heterocycles. The Kier molecular flexibility index (Phi) is 4.81. The molecule has 0 unspecified atom stereocenters. The van der Waals surface area contributed by atoms with Gasteiger partial charge in [0.1, 0.15) is 5.60 Å². The Morgan fingerprint density at radius 3 is 2.36 bits per heavy atom. The molecule has 1 saturated heterocycles. The maximum absolute atomic E-state index is 12.1. The Hall–Kier alpha value is -1.95. The predicted octanol–water partition coefficient (Wildman–Crippen LogP) is 1.78. The third-order valence-corrected chi connectivity index (χ3v) is 3.53. The molecule has 6 nitrogen and oxygen atoms in total. The van der Waals surface area contributed by atoms with Gasteiger partial charge in [-0.15, -0.1) is 0 Å². The van der Waals surface area contributed by atoms with Gasteiger partial charge in [-0.2, -0.15) is 0 Å². The number of hydrogen-bond acceptors (Lipinski definition) is 5. The Morgan fingerprint density at radius 2 is 1.82 bits per heavy atom. The number of nitrogens with zero attached hydrogens (tertiary/aromatic N) is 2. The molecular formula is C16H26N4O2. The molecule has 6 heteroatoms. The van der Waals surface area contributed by atoms with E-state index in [0.717, 1.165) is 24.3 Å². The van der Waals surface area contributed by atoms with Gasteiger partial charge >= 0.3 is 6.09 Å². The Labute approximate surface area is 132 Å². The third kappa shape index (κ3) is 4.27. The predicted molar refractivity (Wildman–Crippen MR) is 88.8 cm³/mol. The fourth-order valence-electron chi connectivity index (χ4n) is 2.47. The topological polar surface area (TPSA) is 84.8 Å². The van der Waals surface area contributed by atoms with Crippen molar-refractivity contribution in [3.63, 3.8) is 0 Å². The van der Waals surface area contributed by atoms with Crippen molar-refractivity contribution in [2.24, 2.45) is 5.73 Å². The molecule has 0 atom stereocenters. The van der Waals surface area contributed by atoms with Crippen molar-refractivity contribution >= 4 is 17.5 Å². The van der Waals surface area contributed by atoms with Gasteiger partial charge in [-0.3, -0.25) is 0 Å². The number of rotatable bonds is 2. The van der Waals surface area contributed by atoms with Crippen LogP contribution in [-0.2, 0) is 11.3 Å². The molecule has 0 radical (unpaired) electrons. The van der Waals surface area contributed by atoms with Gasteiger partial charge in [0.05, 0.1) is 0 Å². The first-order valence-electron chi connectivity index (χ1n) is 7.61. The van der Waals surface area contributed by atoms with Crippen molar-refractivity contribution in [1.29, 1.82) is 0 Å². The maximum Gasteiger partial charge on any atom is 0.410 e. The number of nitrogens with two attached hydrogens (primary N) is 2. The van der Waals surface area contributed by atoms with Crippen LogP contribution in [-0.4, -0.2) is 42.8 Å². The highest BCUT2D eigenvalue weighted by Gasteiger charge is 2.26. The fourth-order valence-corrected chi connectivity index (χ4v) is 2.47. The molecule has 1 aromatic carbocycles. The van der Waals surface area contributed by atoms with Crippen molar-refractivity contribution in [2.75, 3.05) is 36.8 Å². The number of benzene rings is 1. The summed E-state index contributed by atoms with van der Waals surface area (Å²) >= 11 is 0. The van der Waals surface area contributed by atoms with Crippen LogP contribution in [0.1, 0.15) is 26.3 Å². The average Bonchev–Trinajstić information content (AvgIpc) is 2.45. The number of piperazine rings is 1. The molecule has 1 fully saturated rings. The van der Waals surface area contributed by atoms with Crippen LogP contribution in [0.2, 0.25) is 0 Å². The Morgan fingerprint density at radius 1 is 1.18 bits per heavy atom. The molecule has 1 aromatic rings. The quantitative estimate of drug-likeness (QED) is 0.814. The minimum Gasteiger partial charge on any atom is -0.444 e. The van der Waals surface area contributed by atoms with Crippen molar-refractivity contribution in [3.05, 3.63) is 23.8 Å². The van der Waals surface area contributed by atoms with Gasteiger partial charge in [0.25, 0.3) is 0 Å². The van der Waals surface area contributed by atoms with Crippen LogP contribution in [0.3, 0.4) is 0 Å². The van der Waals surface area contributed by atoms with Gasteiger partial charge in [0.15, 0.2) is 0 Å². The maximum atomic E-state index is 12.1. The monoisotopic (exact) mass is 306 g/mol. The highest BCUT2D eigenvalue weighted by molar-refractivity contribution is 5.69. The largest absolute Gasteiger partial charge is 0.444 e. The average molecular weight is 306 g/mol. The molecule has 0 aliphatic carbocycles. The first kappa shape index (κ1) is 16.4. The highest BCUT2D eigenvalue weighted by Crippen LogP contribution is 2.22. The second-order valence-electron chi connectivity index (χ2n) is 6.59. The van der Waals surface area contributed by atoms with Crippen molar-refractivity contribution in [3.8, 4) is 0 Å². The Balaban J connectivity index is 1.97. The zero-order valence-corrected chi connectivity index (χ0v) is 13.6. The SMILES string of the molecule is CC(C)(C)OC(=O)N1CCN(c2cc(N)cc(CN)c2)CC1. The number of carbonyl (C=O) groups is 1. The van der Waals surface area contributed by atoms with E-state index in [9.17, 15) is 4.79 Å². The Bertz CT molecular complexity index is 531. The number of anilines is 2. The zero-order chi connectivity index (χ0) is 16.3. The van der Waals surface area contributed by atoms with Crippen LogP contribution in [0.15, 0.2) is 18.2 Å². The number of hydrogen-bond donors (Lipinski definition) is 2. The summed E-state index contributed by atoms with van der Waals surface area (Å²) in [6, 6.07) is 5.89. The molecule has 0 spiro atoms. The van der Waals surface area contributed by atoms with E-state index in [0.29, 0.717) is 25.3 Å². The summed E-state index contributed by atoms with van der Waals surface area (Å²) in [5.74, 6) is 0. The first-order valence-corrected chi connectivity index (χ1v) is 7.61. The number of carbonyl (C=O) groups excluding carboxylic acids is 1. The molecule has 1 aliphatic heterocycles. The fraction of sp³-hybridized carbons (Fsp3) is 0.562. The first-order chi connectivity index (χ1) is 10.3. The van der Waals surface area contributed by atoms with Crippen molar-refractivity contribution in [2.45, 2.75) is 32.9 Å². The van der Waals surface area contributed by atoms with Crippen LogP contribution in [0, 0.1) is 0 Å². The molecule has 0 bridgehead atoms. The van der Waals surface area contributed by atoms with Gasteiger partial charge in [-0.1, -0.05) is 0 Å². The third-order valence-electron chi connectivity index (χ3n) is 3.53. The lowest BCUT2D eigenvalue weighted by Crippen LogP contribution is -2.50. The summed E-state index contributed by atoms with van der Waals surface area (Å²) in [6.07, 6.45) is -0.248. The molecular weight excluding hydrogens is 280 g/mol. The number of nitrogen functional groups attached to an aromatic ring is 1. The zero-order valence-electron chi connectivity index (χ0n) is 13.6. The molecule has 1 amide bonds. The van der Waals surface area contributed by atoms with Crippen LogP contribution in [0.5, 0.6) is 0 Å². The molecule has 122 valence electrons. The standard InChI is InChI=1S/C16H26N4O2/c1-16(2,3)22-15(21)20-6-4-19(5-7-20)14-9-12(11-17)8-13(18)10-14/h8-10H,4-7,11,17-18H2,1-3H3. The molecule has 4 N–H and O–H groups in total. The van der Waals surface area contributed by atoms with E-state index < -0.39 is 5.60 Å². The lowest BCUT2D eigenvalue weighted by Gasteiger charge is -2.37. The summed E-state index contributed by atoms with van der Waals surface area (Å²) in [4.78, 5) is 16.0. The van der Waals surface area contributed by atoms with Crippen LogP contribution in [0.25, 0.3) is 0 Å². The van der Waals surface area contributed by atoms with Gasteiger partial charge < -0.3 is 26.0 Å². The van der Waals surface area contributed by atoms with Crippen LogP contribution < -0.4 is 16.4 Å². The van der Waals surface area contributed by atoms with E-state index in [2.05, 4.69) is 11.0 Å². The van der Waals surface area contributed by atoms with Gasteiger partial charge in [0, 0.05) is 44.1 Å². The summed E-state index contributed by atoms with van der Waals surface area (Å²) in [6.45, 7) is 8.89. The van der Waals surface area contributed by atoms with Gasteiger partial charge in [-0.25, -0.2) is 4.79 Å². The lowest BCUT2D eigenvalue weighted by atomic mass is 10.1. The van der Waals surface area contributed by atoms with Crippen molar-refractivity contribution < 1.29 is 9.53 Å². The molecule has 0 aromatic heterocycles. The summed E-state index contributed by atoms with van der Waals surface area (Å²) in [5.41, 5.74) is 13.9. The van der Waals surface area contributed by atoms with E-state index >= 15 is 0 Å². The van der Waals surface area contributed by atoms with Crippen LogP contribution >= 0.6 is 0 Å². The lowest BCUT2D eigenvalue weighted by molar-refractivity contribution is 0.0240. The van der Waals surface area contributed by atoms with E-state index in [1.807, 2.05) is 32.9 Å². The minimum absolute atomic E-state index is 0.248. The summed E-state index contributed by atoms with van der Waals surface area (Å²) in [5, 5.41) is 0. The second-order valence-corrected chi connectivity index (χ2v) is 6.59. The molecule has 1 aliphatic rings. The second kappa shape index (κ2) is 6.44.